The summed E-state index contributed by atoms with van der Waals surface area (Å²) < 4.78 is 18.1. The van der Waals surface area contributed by atoms with Crippen LogP contribution in [0.5, 0.6) is 5.75 Å². The maximum Gasteiger partial charge on any atom is 0.119 e. The molecular formula is C24H29FO. The van der Waals surface area contributed by atoms with Gasteiger partial charge in [0.25, 0.3) is 0 Å². The fraction of sp³-hybridized carbons (Fsp3) is 0.417. The van der Waals surface area contributed by atoms with Crippen LogP contribution in [-0.4, -0.2) is 6.61 Å². The second-order valence-electron chi connectivity index (χ2n) is 7.28. The lowest BCUT2D eigenvalue weighted by Gasteiger charge is -2.27. The summed E-state index contributed by atoms with van der Waals surface area (Å²) in [6.07, 6.45) is 9.15. The molecule has 0 aliphatic heterocycles. The summed E-state index contributed by atoms with van der Waals surface area (Å²) >= 11 is 0. The largest absolute Gasteiger partial charge is 0.494 e. The van der Waals surface area contributed by atoms with Crippen molar-refractivity contribution in [2.45, 2.75) is 51.4 Å². The molecule has 0 heterocycles. The molecular weight excluding hydrogens is 323 g/mol. The van der Waals surface area contributed by atoms with Crippen molar-refractivity contribution < 1.29 is 9.13 Å². The van der Waals surface area contributed by atoms with Gasteiger partial charge in [0.15, 0.2) is 0 Å². The Hall–Kier alpha value is -2.09. The van der Waals surface area contributed by atoms with Gasteiger partial charge in [0.1, 0.15) is 5.75 Å². The van der Waals surface area contributed by atoms with Crippen LogP contribution in [0.15, 0.2) is 60.9 Å². The Morgan fingerprint density at radius 3 is 2.12 bits per heavy atom. The third-order valence-corrected chi connectivity index (χ3v) is 5.45. The number of allylic oxidation sites excluding steroid dienone is 1. The molecule has 138 valence electrons. The molecule has 1 aliphatic carbocycles. The summed E-state index contributed by atoms with van der Waals surface area (Å²) in [5, 5.41) is 0. The molecule has 1 fully saturated rings. The summed E-state index contributed by atoms with van der Waals surface area (Å²) in [4.78, 5) is 0. The van der Waals surface area contributed by atoms with E-state index in [2.05, 4.69) is 55.5 Å². The lowest BCUT2D eigenvalue weighted by atomic mass is 9.78. The van der Waals surface area contributed by atoms with Crippen molar-refractivity contribution in [3.05, 3.63) is 66.5 Å². The second kappa shape index (κ2) is 9.56. The molecule has 0 unspecified atom stereocenters. The first-order chi connectivity index (χ1) is 12.8. The van der Waals surface area contributed by atoms with Gasteiger partial charge in [-0.3, -0.25) is 0 Å². The van der Waals surface area contributed by atoms with Crippen LogP contribution in [0.25, 0.3) is 11.1 Å². The maximum atomic E-state index is 12.3. The lowest BCUT2D eigenvalue weighted by Crippen LogP contribution is -2.11. The van der Waals surface area contributed by atoms with Crippen molar-refractivity contribution in [3.63, 3.8) is 0 Å². The maximum absolute atomic E-state index is 12.3. The number of ether oxygens (including phenoxy) is 1. The van der Waals surface area contributed by atoms with E-state index >= 15 is 0 Å². The van der Waals surface area contributed by atoms with Crippen molar-refractivity contribution in [2.24, 2.45) is 5.92 Å². The topological polar surface area (TPSA) is 9.23 Å². The number of hydrogen-bond donors (Lipinski definition) is 0. The Kier molecular flexibility index (Phi) is 6.88. The first-order valence-corrected chi connectivity index (χ1v) is 9.90. The average Bonchev–Trinajstić information content (AvgIpc) is 2.70. The molecule has 3 rings (SSSR count). The van der Waals surface area contributed by atoms with E-state index in [1.54, 1.807) is 6.08 Å². The highest BCUT2D eigenvalue weighted by atomic mass is 19.1. The van der Waals surface area contributed by atoms with Gasteiger partial charge in [0.05, 0.1) is 12.9 Å². The molecule has 0 bridgehead atoms. The van der Waals surface area contributed by atoms with Crippen LogP contribution in [0.2, 0.25) is 0 Å². The molecule has 0 atom stereocenters. The molecule has 0 amide bonds. The van der Waals surface area contributed by atoms with Crippen LogP contribution >= 0.6 is 0 Å². The first-order valence-electron chi connectivity index (χ1n) is 9.90. The first kappa shape index (κ1) is 18.7. The van der Waals surface area contributed by atoms with Gasteiger partial charge in [-0.1, -0.05) is 55.8 Å². The van der Waals surface area contributed by atoms with Gasteiger partial charge in [-0.2, -0.15) is 0 Å². The Labute approximate surface area is 156 Å². The normalized spacial score (nSPS) is 20.4. The Morgan fingerprint density at radius 2 is 1.54 bits per heavy atom. The minimum atomic E-state index is 0.425. The molecule has 0 spiro atoms. The third kappa shape index (κ3) is 4.97. The van der Waals surface area contributed by atoms with Gasteiger partial charge >= 0.3 is 0 Å². The summed E-state index contributed by atoms with van der Waals surface area (Å²) in [5.74, 6) is 1.98. The number of hydrogen-bond acceptors (Lipinski definition) is 1. The minimum absolute atomic E-state index is 0.425. The number of rotatable bonds is 7. The van der Waals surface area contributed by atoms with Crippen molar-refractivity contribution in [3.8, 4) is 16.9 Å². The Bertz CT molecular complexity index is 679. The van der Waals surface area contributed by atoms with Crippen LogP contribution in [0.4, 0.5) is 4.39 Å². The highest BCUT2D eigenvalue weighted by Gasteiger charge is 2.20. The van der Waals surface area contributed by atoms with Gasteiger partial charge in [0.2, 0.25) is 0 Å². The van der Waals surface area contributed by atoms with Crippen molar-refractivity contribution in [1.82, 2.24) is 0 Å². The third-order valence-electron chi connectivity index (χ3n) is 5.45. The number of halogens is 1. The lowest BCUT2D eigenvalue weighted by molar-refractivity contribution is 0.309. The molecule has 2 aromatic rings. The van der Waals surface area contributed by atoms with E-state index in [0.717, 1.165) is 50.9 Å². The predicted octanol–water partition coefficient (Wildman–Crippen LogP) is 7.29. The fourth-order valence-corrected chi connectivity index (χ4v) is 3.77. The zero-order chi connectivity index (χ0) is 18.2. The molecule has 0 aromatic heterocycles. The molecule has 2 aromatic carbocycles. The molecule has 1 aliphatic rings. The van der Waals surface area contributed by atoms with E-state index < -0.39 is 0 Å². The molecule has 0 saturated heterocycles. The molecule has 1 saturated carbocycles. The summed E-state index contributed by atoms with van der Waals surface area (Å²) in [7, 11) is 0. The van der Waals surface area contributed by atoms with Crippen molar-refractivity contribution in [2.75, 3.05) is 6.61 Å². The molecule has 0 radical (unpaired) electrons. The average molecular weight is 352 g/mol. The fourth-order valence-electron chi connectivity index (χ4n) is 3.77. The van der Waals surface area contributed by atoms with Crippen LogP contribution in [0.1, 0.15) is 56.9 Å². The van der Waals surface area contributed by atoms with Crippen LogP contribution in [-0.2, 0) is 0 Å². The van der Waals surface area contributed by atoms with Crippen LogP contribution < -0.4 is 4.74 Å². The van der Waals surface area contributed by atoms with Crippen molar-refractivity contribution in [1.29, 1.82) is 0 Å². The van der Waals surface area contributed by atoms with E-state index in [0.29, 0.717) is 18.2 Å². The van der Waals surface area contributed by atoms with E-state index in [1.165, 1.54) is 16.7 Å². The predicted molar refractivity (Wildman–Crippen MR) is 107 cm³/mol. The van der Waals surface area contributed by atoms with E-state index in [9.17, 15) is 4.39 Å². The monoisotopic (exact) mass is 352 g/mol. The van der Waals surface area contributed by atoms with Crippen molar-refractivity contribution >= 4 is 0 Å². The summed E-state index contributed by atoms with van der Waals surface area (Å²) in [5.41, 5.74) is 3.87. The van der Waals surface area contributed by atoms with Gasteiger partial charge in [0, 0.05) is 0 Å². The van der Waals surface area contributed by atoms with E-state index in [-0.39, 0.29) is 0 Å². The summed E-state index contributed by atoms with van der Waals surface area (Å²) in [6, 6.07) is 17.3. The summed E-state index contributed by atoms with van der Waals surface area (Å²) in [6.45, 7) is 2.96. The zero-order valence-electron chi connectivity index (χ0n) is 15.7. The van der Waals surface area contributed by atoms with Gasteiger partial charge < -0.3 is 4.74 Å². The molecule has 26 heavy (non-hydrogen) atoms. The van der Waals surface area contributed by atoms with Crippen LogP contribution in [0, 0.1) is 5.92 Å². The van der Waals surface area contributed by atoms with Gasteiger partial charge in [-0.25, -0.2) is 4.39 Å². The smallest absolute Gasteiger partial charge is 0.119 e. The number of benzene rings is 2. The van der Waals surface area contributed by atoms with Gasteiger partial charge in [-0.15, -0.1) is 0 Å². The standard InChI is InChI=1S/C24H29FO/c1-2-3-18-26-24-14-12-23(13-15-24)22-10-8-21(9-11-22)20-6-4-19(5-7-20)16-17-25/h8-17,19-20H,2-7,18H2,1H3/t19-,20-. The molecule has 1 nitrogen and oxygen atoms in total. The minimum Gasteiger partial charge on any atom is -0.494 e. The zero-order valence-corrected chi connectivity index (χ0v) is 15.7. The highest BCUT2D eigenvalue weighted by Crippen LogP contribution is 2.37. The van der Waals surface area contributed by atoms with Crippen LogP contribution in [0.3, 0.4) is 0 Å². The Morgan fingerprint density at radius 1 is 0.923 bits per heavy atom. The van der Waals surface area contributed by atoms with E-state index in [4.69, 9.17) is 4.74 Å². The SMILES string of the molecule is CCCCOc1ccc(-c2ccc([C@H]3CC[C@H](C=CF)CC3)cc2)cc1. The highest BCUT2D eigenvalue weighted by molar-refractivity contribution is 5.64. The second-order valence-corrected chi connectivity index (χ2v) is 7.28. The quantitative estimate of drug-likeness (QED) is 0.475. The Balaban J connectivity index is 1.59. The van der Waals surface area contributed by atoms with E-state index in [1.807, 2.05) is 0 Å². The molecule has 0 N–H and O–H groups in total. The molecule has 2 heteroatoms. The van der Waals surface area contributed by atoms with Gasteiger partial charge in [-0.05, 0) is 72.8 Å². The number of unbranched alkanes of at least 4 members (excludes halogenated alkanes) is 1.